The first kappa shape index (κ1) is 15.7. The largest absolute Gasteiger partial charge is 0.372 e. The molecule has 1 aromatic heterocycles. The Kier molecular flexibility index (Phi) is 4.17. The molecule has 1 aliphatic heterocycles. The number of morpholine rings is 1. The molecule has 1 fully saturated rings. The molecule has 1 aromatic carbocycles. The molecule has 2 atom stereocenters. The molecule has 0 N–H and O–H groups in total. The van der Waals surface area contributed by atoms with Crippen molar-refractivity contribution in [2.75, 3.05) is 13.1 Å². The molecule has 2 aromatic rings. The van der Waals surface area contributed by atoms with Crippen LogP contribution in [0.15, 0.2) is 30.3 Å². The highest BCUT2D eigenvalue weighted by Gasteiger charge is 2.28. The standard InChI is InChI=1S/C17H20FN3O2/c1-11-9-21(10-12(2)23-11)17(22)16-8-15(19-20(16)3)13-6-4-5-7-14(13)18/h4-8,11-12H,9-10H2,1-3H3. The molecular weight excluding hydrogens is 297 g/mol. The van der Waals surface area contributed by atoms with Crippen molar-refractivity contribution in [3.8, 4) is 11.3 Å². The average Bonchev–Trinajstić information content (AvgIpc) is 2.87. The number of hydrogen-bond donors (Lipinski definition) is 0. The number of carbonyl (C=O) groups is 1. The van der Waals surface area contributed by atoms with Crippen LogP contribution in [0.1, 0.15) is 24.3 Å². The summed E-state index contributed by atoms with van der Waals surface area (Å²) < 4.78 is 21.1. The summed E-state index contributed by atoms with van der Waals surface area (Å²) in [5, 5.41) is 4.29. The Bertz CT molecular complexity index is 718. The Hall–Kier alpha value is -2.21. The molecule has 1 amide bonds. The van der Waals surface area contributed by atoms with Crippen molar-refractivity contribution in [3.63, 3.8) is 0 Å². The third-order valence-corrected chi connectivity index (χ3v) is 3.96. The summed E-state index contributed by atoms with van der Waals surface area (Å²) >= 11 is 0. The predicted molar refractivity (Wildman–Crippen MR) is 84.5 cm³/mol. The monoisotopic (exact) mass is 317 g/mol. The van der Waals surface area contributed by atoms with E-state index in [1.807, 2.05) is 13.8 Å². The van der Waals surface area contributed by atoms with Crippen LogP contribution in [0.4, 0.5) is 4.39 Å². The van der Waals surface area contributed by atoms with Gasteiger partial charge in [-0.3, -0.25) is 9.48 Å². The molecule has 0 saturated carbocycles. The maximum Gasteiger partial charge on any atom is 0.272 e. The van der Waals surface area contributed by atoms with Gasteiger partial charge in [-0.05, 0) is 32.0 Å². The van der Waals surface area contributed by atoms with Crippen LogP contribution < -0.4 is 0 Å². The average molecular weight is 317 g/mol. The number of amides is 1. The van der Waals surface area contributed by atoms with Crippen molar-refractivity contribution in [1.82, 2.24) is 14.7 Å². The molecule has 23 heavy (non-hydrogen) atoms. The van der Waals surface area contributed by atoms with E-state index < -0.39 is 0 Å². The van der Waals surface area contributed by atoms with Gasteiger partial charge in [0.25, 0.3) is 5.91 Å². The molecule has 0 aliphatic carbocycles. The smallest absolute Gasteiger partial charge is 0.272 e. The van der Waals surface area contributed by atoms with Crippen LogP contribution in [-0.4, -0.2) is 45.9 Å². The van der Waals surface area contributed by atoms with E-state index in [4.69, 9.17) is 4.74 Å². The van der Waals surface area contributed by atoms with Crippen LogP contribution in [-0.2, 0) is 11.8 Å². The van der Waals surface area contributed by atoms with E-state index in [2.05, 4.69) is 5.10 Å². The second kappa shape index (κ2) is 6.12. The summed E-state index contributed by atoms with van der Waals surface area (Å²) in [5.74, 6) is -0.456. The zero-order valence-corrected chi connectivity index (χ0v) is 13.5. The van der Waals surface area contributed by atoms with E-state index in [1.165, 1.54) is 10.7 Å². The van der Waals surface area contributed by atoms with Crippen LogP contribution in [0.2, 0.25) is 0 Å². The summed E-state index contributed by atoms with van der Waals surface area (Å²) in [6.07, 6.45) is 0.00364. The minimum atomic E-state index is -0.349. The lowest BCUT2D eigenvalue weighted by Crippen LogP contribution is -2.48. The molecule has 2 heterocycles. The normalized spacial score (nSPS) is 21.5. The van der Waals surface area contributed by atoms with Gasteiger partial charge in [0.15, 0.2) is 0 Å². The number of nitrogens with zero attached hydrogens (tertiary/aromatic N) is 3. The lowest BCUT2D eigenvalue weighted by molar-refractivity contribution is -0.0588. The molecule has 5 nitrogen and oxygen atoms in total. The quantitative estimate of drug-likeness (QED) is 0.855. The third kappa shape index (κ3) is 3.12. The zero-order chi connectivity index (χ0) is 16.6. The number of aryl methyl sites for hydroxylation is 1. The maximum absolute atomic E-state index is 13.9. The Balaban J connectivity index is 1.89. The minimum Gasteiger partial charge on any atom is -0.372 e. The van der Waals surface area contributed by atoms with Gasteiger partial charge in [0.05, 0.1) is 17.9 Å². The van der Waals surface area contributed by atoms with Crippen LogP contribution in [0.25, 0.3) is 11.3 Å². The molecule has 0 bridgehead atoms. The van der Waals surface area contributed by atoms with E-state index in [-0.39, 0.29) is 23.9 Å². The van der Waals surface area contributed by atoms with E-state index >= 15 is 0 Å². The molecule has 1 aliphatic rings. The molecule has 0 spiro atoms. The Morgan fingerprint density at radius 3 is 2.57 bits per heavy atom. The fourth-order valence-electron chi connectivity index (χ4n) is 2.97. The SMILES string of the molecule is CC1CN(C(=O)c2cc(-c3ccccc3F)nn2C)CC(C)O1. The first-order valence-electron chi connectivity index (χ1n) is 7.69. The summed E-state index contributed by atoms with van der Waals surface area (Å²) in [6.45, 7) is 4.99. The Morgan fingerprint density at radius 2 is 1.91 bits per heavy atom. The lowest BCUT2D eigenvalue weighted by Gasteiger charge is -2.35. The number of hydrogen-bond acceptors (Lipinski definition) is 3. The molecule has 3 rings (SSSR count). The number of halogens is 1. The molecule has 2 unspecified atom stereocenters. The minimum absolute atomic E-state index is 0.00182. The lowest BCUT2D eigenvalue weighted by atomic mass is 10.1. The first-order valence-corrected chi connectivity index (χ1v) is 7.69. The van der Waals surface area contributed by atoms with Crippen molar-refractivity contribution < 1.29 is 13.9 Å². The number of ether oxygens (including phenoxy) is 1. The van der Waals surface area contributed by atoms with Gasteiger partial charge < -0.3 is 9.64 Å². The maximum atomic E-state index is 13.9. The Morgan fingerprint density at radius 1 is 1.26 bits per heavy atom. The number of rotatable bonds is 2. The van der Waals surface area contributed by atoms with Crippen LogP contribution >= 0.6 is 0 Å². The van der Waals surface area contributed by atoms with E-state index in [1.54, 1.807) is 36.2 Å². The summed E-state index contributed by atoms with van der Waals surface area (Å²) in [6, 6.07) is 8.07. The van der Waals surface area contributed by atoms with Crippen LogP contribution in [0.3, 0.4) is 0 Å². The van der Waals surface area contributed by atoms with Crippen molar-refractivity contribution in [1.29, 1.82) is 0 Å². The first-order chi connectivity index (χ1) is 11.0. The fourth-order valence-corrected chi connectivity index (χ4v) is 2.97. The van der Waals surface area contributed by atoms with Crippen LogP contribution in [0, 0.1) is 5.82 Å². The van der Waals surface area contributed by atoms with Gasteiger partial charge in [0.2, 0.25) is 0 Å². The highest BCUT2D eigenvalue weighted by Crippen LogP contribution is 2.23. The second-order valence-corrected chi connectivity index (χ2v) is 5.99. The van der Waals surface area contributed by atoms with E-state index in [9.17, 15) is 9.18 Å². The summed E-state index contributed by atoms with van der Waals surface area (Å²) in [7, 11) is 1.70. The molecular formula is C17H20FN3O2. The van der Waals surface area contributed by atoms with Gasteiger partial charge in [0, 0.05) is 25.7 Å². The number of carbonyl (C=O) groups excluding carboxylic acids is 1. The van der Waals surface area contributed by atoms with E-state index in [0.717, 1.165) is 0 Å². The van der Waals surface area contributed by atoms with Gasteiger partial charge in [-0.2, -0.15) is 5.10 Å². The topological polar surface area (TPSA) is 47.4 Å². The van der Waals surface area contributed by atoms with Crippen LogP contribution in [0.5, 0.6) is 0 Å². The molecule has 0 radical (unpaired) electrons. The van der Waals surface area contributed by atoms with Crippen molar-refractivity contribution >= 4 is 5.91 Å². The van der Waals surface area contributed by atoms with Gasteiger partial charge in [0.1, 0.15) is 11.5 Å². The summed E-state index contributed by atoms with van der Waals surface area (Å²) in [5.41, 5.74) is 1.30. The zero-order valence-electron chi connectivity index (χ0n) is 13.5. The van der Waals surface area contributed by atoms with E-state index in [0.29, 0.717) is 30.0 Å². The molecule has 1 saturated heterocycles. The fraction of sp³-hybridized carbons (Fsp3) is 0.412. The van der Waals surface area contributed by atoms with Crippen molar-refractivity contribution in [2.24, 2.45) is 7.05 Å². The molecule has 6 heteroatoms. The van der Waals surface area contributed by atoms with Gasteiger partial charge >= 0.3 is 0 Å². The highest BCUT2D eigenvalue weighted by molar-refractivity contribution is 5.93. The number of aromatic nitrogens is 2. The van der Waals surface area contributed by atoms with Crippen molar-refractivity contribution in [2.45, 2.75) is 26.1 Å². The highest BCUT2D eigenvalue weighted by atomic mass is 19.1. The molecule has 122 valence electrons. The number of benzene rings is 1. The second-order valence-electron chi connectivity index (χ2n) is 5.99. The van der Waals surface area contributed by atoms with Crippen molar-refractivity contribution in [3.05, 3.63) is 41.8 Å². The Labute approximate surface area is 134 Å². The predicted octanol–water partition coefficient (Wildman–Crippen LogP) is 2.48. The summed E-state index contributed by atoms with van der Waals surface area (Å²) in [4.78, 5) is 14.5. The van der Waals surface area contributed by atoms with Gasteiger partial charge in [-0.1, -0.05) is 12.1 Å². The third-order valence-electron chi connectivity index (χ3n) is 3.96. The van der Waals surface area contributed by atoms with Gasteiger partial charge in [-0.25, -0.2) is 4.39 Å². The van der Waals surface area contributed by atoms with Gasteiger partial charge in [-0.15, -0.1) is 0 Å².